The predicted octanol–water partition coefficient (Wildman–Crippen LogP) is -0.221. The fraction of sp³-hybridized carbons (Fsp3) is 0.222. The molecule has 0 aromatic heterocycles. The average Bonchev–Trinajstić information content (AvgIpc) is 2.27. The number of aliphatic hydroxyl groups is 2. The highest BCUT2D eigenvalue weighted by Gasteiger charge is 2.27. The SMILES string of the molecule is O=C(O)C(O)C(O)c1ccc(O)c([N+](=O)[O-])c1. The first-order valence-corrected chi connectivity index (χ1v) is 4.41. The van der Waals surface area contributed by atoms with Gasteiger partial charge in [0.2, 0.25) is 0 Å². The smallest absolute Gasteiger partial charge is 0.335 e. The van der Waals surface area contributed by atoms with Crippen molar-refractivity contribution in [2.45, 2.75) is 12.2 Å². The number of hydrogen-bond donors (Lipinski definition) is 4. The number of carboxylic acid groups (broad SMARTS) is 1. The maximum Gasteiger partial charge on any atom is 0.335 e. The Morgan fingerprint density at radius 1 is 1.35 bits per heavy atom. The minimum absolute atomic E-state index is 0.176. The second-order valence-corrected chi connectivity index (χ2v) is 3.23. The zero-order valence-corrected chi connectivity index (χ0v) is 8.35. The van der Waals surface area contributed by atoms with E-state index in [0.29, 0.717) is 0 Å². The standard InChI is InChI=1S/C9H9NO7/c11-6-2-1-4(3-5(6)10(16)17)7(12)8(13)9(14)15/h1-3,7-8,11-13H,(H,14,15). The second kappa shape index (κ2) is 4.76. The molecule has 0 saturated carbocycles. The van der Waals surface area contributed by atoms with Crippen molar-refractivity contribution in [3.05, 3.63) is 33.9 Å². The molecule has 1 aromatic rings. The molecule has 0 spiro atoms. The van der Waals surface area contributed by atoms with Crippen LogP contribution in [-0.2, 0) is 4.79 Å². The molecule has 0 aliphatic rings. The number of carboxylic acids is 1. The van der Waals surface area contributed by atoms with Gasteiger partial charge in [-0.15, -0.1) is 0 Å². The molecule has 92 valence electrons. The summed E-state index contributed by atoms with van der Waals surface area (Å²) in [6.07, 6.45) is -3.91. The third-order valence-electron chi connectivity index (χ3n) is 2.09. The van der Waals surface area contributed by atoms with Gasteiger partial charge in [0.25, 0.3) is 0 Å². The number of benzene rings is 1. The highest BCUT2D eigenvalue weighted by atomic mass is 16.6. The Kier molecular flexibility index (Phi) is 3.61. The van der Waals surface area contributed by atoms with E-state index in [-0.39, 0.29) is 5.56 Å². The minimum atomic E-state index is -2.10. The van der Waals surface area contributed by atoms with Gasteiger partial charge in [0.15, 0.2) is 11.9 Å². The molecule has 8 heteroatoms. The van der Waals surface area contributed by atoms with E-state index in [0.717, 1.165) is 18.2 Å². The van der Waals surface area contributed by atoms with Crippen molar-refractivity contribution in [1.82, 2.24) is 0 Å². The summed E-state index contributed by atoms with van der Waals surface area (Å²) in [6, 6.07) is 2.82. The number of aliphatic carboxylic acids is 1. The highest BCUT2D eigenvalue weighted by molar-refractivity contribution is 5.73. The molecule has 1 rings (SSSR count). The molecule has 0 fully saturated rings. The van der Waals surface area contributed by atoms with Crippen molar-refractivity contribution >= 4 is 11.7 Å². The summed E-state index contributed by atoms with van der Waals surface area (Å²) in [5.74, 6) is -2.27. The number of carbonyl (C=O) groups is 1. The van der Waals surface area contributed by atoms with E-state index in [9.17, 15) is 20.0 Å². The summed E-state index contributed by atoms with van der Waals surface area (Å²) in [7, 11) is 0. The lowest BCUT2D eigenvalue weighted by Crippen LogP contribution is -2.27. The van der Waals surface area contributed by atoms with Crippen LogP contribution < -0.4 is 0 Å². The van der Waals surface area contributed by atoms with Crippen molar-refractivity contribution in [3.8, 4) is 5.75 Å². The van der Waals surface area contributed by atoms with Crippen LogP contribution >= 0.6 is 0 Å². The van der Waals surface area contributed by atoms with Crippen LogP contribution in [0.4, 0.5) is 5.69 Å². The number of aromatic hydroxyl groups is 1. The van der Waals surface area contributed by atoms with E-state index in [2.05, 4.69) is 0 Å². The van der Waals surface area contributed by atoms with Gasteiger partial charge in [-0.05, 0) is 11.6 Å². The lowest BCUT2D eigenvalue weighted by atomic mass is 10.0. The Balaban J connectivity index is 3.11. The topological polar surface area (TPSA) is 141 Å². The average molecular weight is 243 g/mol. The zero-order valence-electron chi connectivity index (χ0n) is 8.35. The zero-order chi connectivity index (χ0) is 13.2. The first-order valence-electron chi connectivity index (χ1n) is 4.41. The van der Waals surface area contributed by atoms with Crippen LogP contribution in [0.1, 0.15) is 11.7 Å². The number of rotatable bonds is 4. The van der Waals surface area contributed by atoms with Crippen LogP contribution in [-0.4, -0.2) is 37.4 Å². The molecule has 8 nitrogen and oxygen atoms in total. The Labute approximate surface area is 94.5 Å². The number of nitro groups is 1. The molecule has 0 heterocycles. The number of nitrogens with zero attached hydrogens (tertiary/aromatic N) is 1. The Morgan fingerprint density at radius 2 is 1.94 bits per heavy atom. The molecule has 0 amide bonds. The van der Waals surface area contributed by atoms with Gasteiger partial charge >= 0.3 is 11.7 Å². The van der Waals surface area contributed by atoms with Gasteiger partial charge in [0.1, 0.15) is 6.10 Å². The third-order valence-corrected chi connectivity index (χ3v) is 2.09. The van der Waals surface area contributed by atoms with Crippen molar-refractivity contribution in [2.24, 2.45) is 0 Å². The molecule has 0 aliphatic carbocycles. The van der Waals surface area contributed by atoms with Crippen LogP contribution in [0.5, 0.6) is 5.75 Å². The maximum absolute atomic E-state index is 10.5. The first-order chi connectivity index (χ1) is 7.84. The van der Waals surface area contributed by atoms with E-state index in [4.69, 9.17) is 15.3 Å². The minimum Gasteiger partial charge on any atom is -0.502 e. The van der Waals surface area contributed by atoms with Gasteiger partial charge in [0.05, 0.1) is 4.92 Å². The third kappa shape index (κ3) is 2.68. The largest absolute Gasteiger partial charge is 0.502 e. The lowest BCUT2D eigenvalue weighted by molar-refractivity contribution is -0.386. The van der Waals surface area contributed by atoms with Crippen molar-refractivity contribution in [1.29, 1.82) is 0 Å². The summed E-state index contributed by atoms with van der Waals surface area (Å²) >= 11 is 0. The molecule has 2 unspecified atom stereocenters. The monoisotopic (exact) mass is 243 g/mol. The lowest BCUT2D eigenvalue weighted by Gasteiger charge is -2.14. The van der Waals surface area contributed by atoms with Crippen molar-refractivity contribution in [3.63, 3.8) is 0 Å². The molecular weight excluding hydrogens is 234 g/mol. The fourth-order valence-corrected chi connectivity index (χ4v) is 1.19. The van der Waals surface area contributed by atoms with Gasteiger partial charge < -0.3 is 20.4 Å². The van der Waals surface area contributed by atoms with E-state index in [1.807, 2.05) is 0 Å². The van der Waals surface area contributed by atoms with Crippen LogP contribution in [0.3, 0.4) is 0 Å². The summed E-state index contributed by atoms with van der Waals surface area (Å²) in [6.45, 7) is 0. The quantitative estimate of drug-likeness (QED) is 0.423. The van der Waals surface area contributed by atoms with Crippen LogP contribution in [0.25, 0.3) is 0 Å². The van der Waals surface area contributed by atoms with Gasteiger partial charge in [-0.3, -0.25) is 10.1 Å². The molecule has 4 N–H and O–H groups in total. The number of phenols is 1. The molecule has 0 bridgehead atoms. The van der Waals surface area contributed by atoms with Crippen molar-refractivity contribution < 1.29 is 30.1 Å². The number of phenolic OH excluding ortho intramolecular Hbond substituents is 1. The highest BCUT2D eigenvalue weighted by Crippen LogP contribution is 2.29. The molecule has 0 radical (unpaired) electrons. The molecule has 2 atom stereocenters. The summed E-state index contributed by atoms with van der Waals surface area (Å²) < 4.78 is 0. The predicted molar refractivity (Wildman–Crippen MR) is 53.4 cm³/mol. The summed E-state index contributed by atoms with van der Waals surface area (Å²) in [5.41, 5.74) is -0.858. The summed E-state index contributed by atoms with van der Waals surface area (Å²) in [4.78, 5) is 20.0. The van der Waals surface area contributed by atoms with E-state index in [1.54, 1.807) is 0 Å². The Morgan fingerprint density at radius 3 is 2.41 bits per heavy atom. The number of aliphatic hydroxyl groups excluding tert-OH is 2. The normalized spacial score (nSPS) is 14.0. The van der Waals surface area contributed by atoms with Crippen LogP contribution in [0, 0.1) is 10.1 Å². The van der Waals surface area contributed by atoms with Gasteiger partial charge in [0, 0.05) is 6.07 Å². The van der Waals surface area contributed by atoms with Gasteiger partial charge in [-0.25, -0.2) is 4.79 Å². The molecular formula is C9H9NO7. The van der Waals surface area contributed by atoms with Crippen LogP contribution in [0.15, 0.2) is 18.2 Å². The van der Waals surface area contributed by atoms with E-state index < -0.39 is 34.5 Å². The maximum atomic E-state index is 10.5. The number of hydrogen-bond acceptors (Lipinski definition) is 6. The Hall–Kier alpha value is -2.19. The first kappa shape index (κ1) is 12.9. The number of nitro benzene ring substituents is 1. The summed E-state index contributed by atoms with van der Waals surface area (Å²) in [5, 5.41) is 46.6. The van der Waals surface area contributed by atoms with Crippen LogP contribution in [0.2, 0.25) is 0 Å². The molecule has 0 aliphatic heterocycles. The van der Waals surface area contributed by atoms with Gasteiger partial charge in [-0.1, -0.05) is 6.07 Å². The molecule has 0 saturated heterocycles. The Bertz CT molecular complexity index is 459. The molecule has 1 aromatic carbocycles. The van der Waals surface area contributed by atoms with Crippen molar-refractivity contribution in [2.75, 3.05) is 0 Å². The van der Waals surface area contributed by atoms with E-state index in [1.165, 1.54) is 0 Å². The second-order valence-electron chi connectivity index (χ2n) is 3.23. The molecule has 17 heavy (non-hydrogen) atoms. The van der Waals surface area contributed by atoms with E-state index >= 15 is 0 Å². The van der Waals surface area contributed by atoms with Gasteiger partial charge in [-0.2, -0.15) is 0 Å². The fourth-order valence-electron chi connectivity index (χ4n) is 1.19.